The van der Waals surface area contributed by atoms with E-state index in [2.05, 4.69) is 11.9 Å². The number of nitrogens with zero attached hydrogens (tertiary/aromatic N) is 1. The molecule has 0 amide bonds. The summed E-state index contributed by atoms with van der Waals surface area (Å²) in [7, 11) is 4.62. The lowest BCUT2D eigenvalue weighted by Gasteiger charge is -2.25. The molecule has 0 bridgehead atoms. The fraction of sp³-hybridized carbons (Fsp3) is 1.00. The zero-order chi connectivity index (χ0) is 11.7. The predicted molar refractivity (Wildman–Crippen MR) is 62.8 cm³/mol. The van der Waals surface area contributed by atoms with Crippen LogP contribution in [0.5, 0.6) is 0 Å². The van der Waals surface area contributed by atoms with Gasteiger partial charge in [0.15, 0.2) is 0 Å². The summed E-state index contributed by atoms with van der Waals surface area (Å²) in [4.78, 5) is 2.19. The molecule has 0 heterocycles. The summed E-state index contributed by atoms with van der Waals surface area (Å²) in [6.07, 6.45) is 0.998. The van der Waals surface area contributed by atoms with Crippen molar-refractivity contribution >= 4 is 8.80 Å². The van der Waals surface area contributed by atoms with Crippen LogP contribution in [0.1, 0.15) is 6.42 Å². The smallest absolute Gasteiger partial charge is 0.377 e. The average molecular weight is 236 g/mol. The maximum absolute atomic E-state index is 5.46. The first kappa shape index (κ1) is 15.0. The first-order valence-corrected chi connectivity index (χ1v) is 7.11. The summed E-state index contributed by atoms with van der Waals surface area (Å²) in [5, 5.41) is 0. The number of hydrogen-bond donors (Lipinski definition) is 1. The highest BCUT2D eigenvalue weighted by atomic mass is 28.4. The van der Waals surface area contributed by atoms with Crippen molar-refractivity contribution in [3.63, 3.8) is 0 Å². The maximum atomic E-state index is 5.46. The summed E-state index contributed by atoms with van der Waals surface area (Å²) in [5.74, 6) is 0. The lowest BCUT2D eigenvalue weighted by atomic mass is 10.4. The molecule has 0 unspecified atom stereocenters. The van der Waals surface area contributed by atoms with Crippen molar-refractivity contribution in [2.45, 2.75) is 12.5 Å². The van der Waals surface area contributed by atoms with Crippen molar-refractivity contribution in [1.29, 1.82) is 0 Å². The summed E-state index contributed by atoms with van der Waals surface area (Å²) in [5.41, 5.74) is 5.46. The summed E-state index contributed by atoms with van der Waals surface area (Å²) < 4.78 is 16.0. The molecule has 0 saturated heterocycles. The van der Waals surface area contributed by atoms with Gasteiger partial charge >= 0.3 is 8.80 Å². The second kappa shape index (κ2) is 8.20. The molecule has 0 radical (unpaired) electrons. The summed E-state index contributed by atoms with van der Waals surface area (Å²) >= 11 is 0. The van der Waals surface area contributed by atoms with Gasteiger partial charge in [-0.1, -0.05) is 0 Å². The molecule has 0 atom stereocenters. The second-order valence-electron chi connectivity index (χ2n) is 3.49. The van der Waals surface area contributed by atoms with Gasteiger partial charge in [-0.2, -0.15) is 0 Å². The number of rotatable bonds is 9. The third-order valence-electron chi connectivity index (χ3n) is 2.47. The molecule has 15 heavy (non-hydrogen) atoms. The van der Waals surface area contributed by atoms with E-state index in [9.17, 15) is 0 Å². The van der Waals surface area contributed by atoms with Crippen molar-refractivity contribution in [2.24, 2.45) is 5.73 Å². The van der Waals surface area contributed by atoms with Crippen molar-refractivity contribution in [1.82, 2.24) is 4.90 Å². The largest absolute Gasteiger partial charge is 0.500 e. The van der Waals surface area contributed by atoms with Crippen LogP contribution in [-0.4, -0.2) is 61.7 Å². The highest BCUT2D eigenvalue weighted by Crippen LogP contribution is 2.14. The minimum Gasteiger partial charge on any atom is -0.377 e. The van der Waals surface area contributed by atoms with Crippen LogP contribution in [0.2, 0.25) is 6.04 Å². The molecule has 0 saturated carbocycles. The van der Waals surface area contributed by atoms with E-state index in [-0.39, 0.29) is 0 Å². The third-order valence-corrected chi connectivity index (χ3v) is 5.30. The number of likely N-dealkylation sites (N-methyl/N-ethyl adjacent to an activating group) is 1. The molecule has 0 aliphatic carbocycles. The molecule has 0 fully saturated rings. The van der Waals surface area contributed by atoms with Gasteiger partial charge in [-0.3, -0.25) is 0 Å². The predicted octanol–water partition coefficient (Wildman–Crippen LogP) is 0.145. The Hall–Kier alpha value is 0.0169. The van der Waals surface area contributed by atoms with Crippen LogP contribution in [0.15, 0.2) is 0 Å². The maximum Gasteiger partial charge on any atom is 0.500 e. The monoisotopic (exact) mass is 236 g/mol. The molecule has 0 aromatic rings. The normalized spacial score (nSPS) is 12.4. The van der Waals surface area contributed by atoms with E-state index in [1.165, 1.54) is 0 Å². The number of nitrogens with two attached hydrogens (primary N) is 1. The lowest BCUT2D eigenvalue weighted by molar-refractivity contribution is 0.122. The SMILES string of the molecule is CO[Si](CCCN(C)CCN)(OC)OC. The summed E-state index contributed by atoms with van der Waals surface area (Å²) in [6, 6.07) is 0.839. The van der Waals surface area contributed by atoms with E-state index in [0.29, 0.717) is 6.54 Å². The first-order valence-electron chi connectivity index (χ1n) is 5.18. The zero-order valence-corrected chi connectivity index (χ0v) is 11.3. The fourth-order valence-corrected chi connectivity index (χ4v) is 3.16. The average Bonchev–Trinajstić information content (AvgIpc) is 2.25. The Balaban J connectivity index is 3.80. The Labute approximate surface area is 93.9 Å². The molecule has 0 rings (SSSR count). The van der Waals surface area contributed by atoms with Gasteiger partial charge in [0, 0.05) is 40.5 Å². The Kier molecular flexibility index (Phi) is 8.21. The van der Waals surface area contributed by atoms with Crippen LogP contribution in [0.3, 0.4) is 0 Å². The zero-order valence-electron chi connectivity index (χ0n) is 10.3. The first-order chi connectivity index (χ1) is 7.14. The van der Waals surface area contributed by atoms with E-state index < -0.39 is 8.80 Å². The molecule has 6 heteroatoms. The standard InChI is InChI=1S/C9H24N2O3Si/c1-11(8-6-10)7-5-9-15(12-2,13-3)14-4/h5-10H2,1-4H3. The topological polar surface area (TPSA) is 57.0 Å². The molecule has 0 spiro atoms. The molecule has 0 aliphatic rings. The minimum atomic E-state index is -2.37. The molecule has 5 nitrogen and oxygen atoms in total. The van der Waals surface area contributed by atoms with Crippen molar-refractivity contribution in [2.75, 3.05) is 48.0 Å². The van der Waals surface area contributed by atoms with Crippen LogP contribution in [0.25, 0.3) is 0 Å². The molecule has 0 aromatic heterocycles. The van der Waals surface area contributed by atoms with E-state index in [4.69, 9.17) is 19.0 Å². The molecule has 92 valence electrons. The third kappa shape index (κ3) is 5.60. The van der Waals surface area contributed by atoms with Crippen LogP contribution in [-0.2, 0) is 13.3 Å². The van der Waals surface area contributed by atoms with Crippen LogP contribution < -0.4 is 5.73 Å². The molecule has 0 aliphatic heterocycles. The van der Waals surface area contributed by atoms with Crippen molar-refractivity contribution in [3.05, 3.63) is 0 Å². The van der Waals surface area contributed by atoms with Crippen LogP contribution in [0.4, 0.5) is 0 Å². The highest BCUT2D eigenvalue weighted by Gasteiger charge is 2.36. The Morgan fingerprint density at radius 3 is 2.00 bits per heavy atom. The van der Waals surface area contributed by atoms with Gasteiger partial charge in [0.2, 0.25) is 0 Å². The van der Waals surface area contributed by atoms with Crippen molar-refractivity contribution < 1.29 is 13.3 Å². The van der Waals surface area contributed by atoms with E-state index >= 15 is 0 Å². The van der Waals surface area contributed by atoms with Crippen LogP contribution >= 0.6 is 0 Å². The van der Waals surface area contributed by atoms with Crippen molar-refractivity contribution in [3.8, 4) is 0 Å². The Morgan fingerprint density at radius 2 is 1.60 bits per heavy atom. The second-order valence-corrected chi connectivity index (χ2v) is 6.58. The fourth-order valence-electron chi connectivity index (χ4n) is 1.45. The molecular formula is C9H24N2O3Si. The van der Waals surface area contributed by atoms with Gasteiger partial charge < -0.3 is 23.9 Å². The summed E-state index contributed by atoms with van der Waals surface area (Å²) in [6.45, 7) is 2.60. The molecule has 2 N–H and O–H groups in total. The molecular weight excluding hydrogens is 212 g/mol. The van der Waals surface area contributed by atoms with E-state index in [0.717, 1.165) is 25.6 Å². The van der Waals surface area contributed by atoms with Gasteiger partial charge in [-0.15, -0.1) is 0 Å². The van der Waals surface area contributed by atoms with Gasteiger partial charge in [0.25, 0.3) is 0 Å². The van der Waals surface area contributed by atoms with E-state index in [1.54, 1.807) is 21.3 Å². The minimum absolute atomic E-state index is 0.692. The van der Waals surface area contributed by atoms with Gasteiger partial charge in [-0.25, -0.2) is 0 Å². The van der Waals surface area contributed by atoms with Crippen LogP contribution in [0, 0.1) is 0 Å². The quantitative estimate of drug-likeness (QED) is 0.577. The van der Waals surface area contributed by atoms with Gasteiger partial charge in [0.1, 0.15) is 0 Å². The van der Waals surface area contributed by atoms with E-state index in [1.807, 2.05) is 0 Å². The van der Waals surface area contributed by atoms with Gasteiger partial charge in [-0.05, 0) is 20.0 Å². The molecule has 0 aromatic carbocycles. The Bertz CT molecular complexity index is 148. The van der Waals surface area contributed by atoms with Gasteiger partial charge in [0.05, 0.1) is 0 Å². The lowest BCUT2D eigenvalue weighted by Crippen LogP contribution is -2.43. The number of hydrogen-bond acceptors (Lipinski definition) is 5. The Morgan fingerprint density at radius 1 is 1.07 bits per heavy atom. The highest BCUT2D eigenvalue weighted by molar-refractivity contribution is 6.60.